The highest BCUT2D eigenvalue weighted by Crippen LogP contribution is 2.39. The summed E-state index contributed by atoms with van der Waals surface area (Å²) in [4.78, 5) is 27.8. The number of amides is 1. The number of likely N-dealkylation sites (tertiary alicyclic amines) is 1. The van der Waals surface area contributed by atoms with Crippen LogP contribution in [0, 0.1) is 11.3 Å². The summed E-state index contributed by atoms with van der Waals surface area (Å²) < 4.78 is 11.5. The molecule has 1 aromatic rings. The second-order valence-corrected chi connectivity index (χ2v) is 8.89. The Hall–Kier alpha value is -2.04. The van der Waals surface area contributed by atoms with Gasteiger partial charge in [-0.3, -0.25) is 9.59 Å². The Kier molecular flexibility index (Phi) is 6.41. The number of benzene rings is 1. The fourth-order valence-corrected chi connectivity index (χ4v) is 5.21. The maximum absolute atomic E-state index is 13.0. The maximum atomic E-state index is 13.0. The molecule has 1 spiro atoms. The van der Waals surface area contributed by atoms with E-state index >= 15 is 0 Å². The van der Waals surface area contributed by atoms with Crippen molar-refractivity contribution < 1.29 is 19.1 Å². The van der Waals surface area contributed by atoms with Crippen LogP contribution in [0.3, 0.4) is 0 Å². The molecule has 0 aromatic heterocycles. The van der Waals surface area contributed by atoms with Gasteiger partial charge in [0.15, 0.2) is 0 Å². The Morgan fingerprint density at radius 2 is 1.66 bits per heavy atom. The summed E-state index contributed by atoms with van der Waals surface area (Å²) in [6.07, 6.45) is 9.68. The lowest BCUT2D eigenvalue weighted by molar-refractivity contribution is -0.162. The lowest BCUT2D eigenvalue weighted by atomic mass is 9.74. The molecule has 3 aliphatic rings. The summed E-state index contributed by atoms with van der Waals surface area (Å²) in [5.74, 6) is 1.33. The summed E-state index contributed by atoms with van der Waals surface area (Å²) >= 11 is 0. The van der Waals surface area contributed by atoms with Crippen LogP contribution in [0.15, 0.2) is 24.3 Å². The lowest BCUT2D eigenvalue weighted by Gasteiger charge is -2.41. The van der Waals surface area contributed by atoms with E-state index in [9.17, 15) is 9.59 Å². The monoisotopic (exact) mass is 399 g/mol. The summed E-state index contributed by atoms with van der Waals surface area (Å²) in [7, 11) is 0. The van der Waals surface area contributed by atoms with Crippen LogP contribution in [0.4, 0.5) is 0 Å². The topological polar surface area (TPSA) is 55.8 Å². The lowest BCUT2D eigenvalue weighted by Crippen LogP contribution is -2.48. The normalized spacial score (nSPS) is 23.4. The van der Waals surface area contributed by atoms with Crippen LogP contribution >= 0.6 is 0 Å². The third-order valence-corrected chi connectivity index (χ3v) is 7.07. The fraction of sp³-hybridized carbons (Fsp3) is 0.667. The first-order valence-corrected chi connectivity index (χ1v) is 11.3. The average Bonchev–Trinajstić information content (AvgIpc) is 3.29. The largest absolute Gasteiger partial charge is 0.490 e. The van der Waals surface area contributed by atoms with E-state index in [1.165, 1.54) is 18.4 Å². The summed E-state index contributed by atoms with van der Waals surface area (Å²) in [5.41, 5.74) is 0.788. The van der Waals surface area contributed by atoms with Crippen LogP contribution in [0.5, 0.6) is 5.75 Å². The minimum absolute atomic E-state index is 0.0945. The zero-order valence-corrected chi connectivity index (χ0v) is 17.4. The van der Waals surface area contributed by atoms with Gasteiger partial charge in [0.1, 0.15) is 19.0 Å². The van der Waals surface area contributed by atoms with Crippen LogP contribution in [-0.4, -0.2) is 43.1 Å². The number of aryl methyl sites for hydroxylation is 1. The standard InChI is InChI=1S/C24H33NO4/c26-22(20-9-1-2-10-20)25-15-13-24(14-16-25)12-6-5-8-19-7-3-4-11-21(19)28-17-18-29-23(24)27/h3-4,7,11,20H,1-2,5-6,8-10,12-18H2. The molecule has 29 heavy (non-hydrogen) atoms. The molecule has 2 heterocycles. The zero-order valence-electron chi connectivity index (χ0n) is 17.4. The minimum Gasteiger partial charge on any atom is -0.490 e. The maximum Gasteiger partial charge on any atom is 0.312 e. The van der Waals surface area contributed by atoms with E-state index < -0.39 is 5.41 Å². The number of rotatable bonds is 1. The van der Waals surface area contributed by atoms with Gasteiger partial charge in [-0.1, -0.05) is 37.5 Å². The highest BCUT2D eigenvalue weighted by Gasteiger charge is 2.44. The molecule has 1 amide bonds. The van der Waals surface area contributed by atoms with Crippen molar-refractivity contribution in [3.05, 3.63) is 29.8 Å². The number of hydrogen-bond acceptors (Lipinski definition) is 4. The molecule has 2 aliphatic heterocycles. The Balaban J connectivity index is 1.39. The van der Waals surface area contributed by atoms with Crippen molar-refractivity contribution in [2.45, 2.75) is 64.2 Å². The molecular weight excluding hydrogens is 366 g/mol. The number of cyclic esters (lactones) is 1. The Bertz CT molecular complexity index is 717. The molecule has 0 unspecified atom stereocenters. The second kappa shape index (κ2) is 9.19. The van der Waals surface area contributed by atoms with Crippen LogP contribution < -0.4 is 4.74 Å². The molecule has 5 heteroatoms. The van der Waals surface area contributed by atoms with Gasteiger partial charge < -0.3 is 14.4 Å². The third-order valence-electron chi connectivity index (χ3n) is 7.07. The second-order valence-electron chi connectivity index (χ2n) is 8.89. The molecule has 158 valence electrons. The van der Waals surface area contributed by atoms with E-state index in [-0.39, 0.29) is 18.5 Å². The van der Waals surface area contributed by atoms with Gasteiger partial charge in [0, 0.05) is 19.0 Å². The number of hydrogen-bond donors (Lipinski definition) is 0. The third kappa shape index (κ3) is 4.59. The van der Waals surface area contributed by atoms with Crippen molar-refractivity contribution in [2.24, 2.45) is 11.3 Å². The van der Waals surface area contributed by atoms with Gasteiger partial charge in [-0.15, -0.1) is 0 Å². The molecule has 1 aromatic carbocycles. The van der Waals surface area contributed by atoms with Gasteiger partial charge in [0.2, 0.25) is 5.91 Å². The van der Waals surface area contributed by atoms with E-state index in [0.29, 0.717) is 25.6 Å². The van der Waals surface area contributed by atoms with Crippen molar-refractivity contribution in [3.8, 4) is 5.75 Å². The van der Waals surface area contributed by atoms with E-state index in [0.717, 1.165) is 57.1 Å². The van der Waals surface area contributed by atoms with E-state index in [1.54, 1.807) is 0 Å². The predicted molar refractivity (Wildman–Crippen MR) is 111 cm³/mol. The summed E-state index contributed by atoms with van der Waals surface area (Å²) in [6, 6.07) is 8.14. The SMILES string of the molecule is O=C(C1CCCC1)N1CCC2(CCCCc3ccccc3OCCOC2=O)CC1. The van der Waals surface area contributed by atoms with Gasteiger partial charge >= 0.3 is 5.97 Å². The quantitative estimate of drug-likeness (QED) is 0.666. The number of ether oxygens (including phenoxy) is 2. The van der Waals surface area contributed by atoms with E-state index in [4.69, 9.17) is 9.47 Å². The number of carbonyl (C=O) groups excluding carboxylic acids is 2. The van der Waals surface area contributed by atoms with Gasteiger partial charge in [-0.2, -0.15) is 0 Å². The molecular formula is C24H33NO4. The fourth-order valence-electron chi connectivity index (χ4n) is 5.21. The van der Waals surface area contributed by atoms with Crippen LogP contribution in [0.2, 0.25) is 0 Å². The molecule has 1 saturated carbocycles. The molecule has 0 bridgehead atoms. The Labute approximate surface area is 173 Å². The highest BCUT2D eigenvalue weighted by atomic mass is 16.6. The number of para-hydroxylation sites is 1. The van der Waals surface area contributed by atoms with Crippen LogP contribution in [0.1, 0.15) is 63.4 Å². The van der Waals surface area contributed by atoms with Crippen molar-refractivity contribution in [1.29, 1.82) is 0 Å². The number of carbonyl (C=O) groups is 2. The van der Waals surface area contributed by atoms with Gasteiger partial charge in [0.05, 0.1) is 5.41 Å². The number of piperidine rings is 1. The van der Waals surface area contributed by atoms with Crippen LogP contribution in [0.25, 0.3) is 0 Å². The molecule has 2 fully saturated rings. The van der Waals surface area contributed by atoms with Crippen molar-refractivity contribution in [3.63, 3.8) is 0 Å². The average molecular weight is 400 g/mol. The van der Waals surface area contributed by atoms with Gasteiger partial charge in [0.25, 0.3) is 0 Å². The molecule has 4 rings (SSSR count). The first-order chi connectivity index (χ1) is 14.2. The minimum atomic E-state index is -0.439. The highest BCUT2D eigenvalue weighted by molar-refractivity contribution is 5.81. The van der Waals surface area contributed by atoms with Gasteiger partial charge in [-0.25, -0.2) is 0 Å². The molecule has 0 radical (unpaired) electrons. The van der Waals surface area contributed by atoms with Crippen LogP contribution in [-0.2, 0) is 20.7 Å². The predicted octanol–water partition coefficient (Wildman–Crippen LogP) is 4.13. The van der Waals surface area contributed by atoms with E-state index in [1.807, 2.05) is 23.1 Å². The molecule has 0 atom stereocenters. The molecule has 1 saturated heterocycles. The Morgan fingerprint density at radius 1 is 0.931 bits per heavy atom. The first kappa shape index (κ1) is 20.2. The first-order valence-electron chi connectivity index (χ1n) is 11.3. The molecule has 1 aliphatic carbocycles. The van der Waals surface area contributed by atoms with Crippen molar-refractivity contribution in [1.82, 2.24) is 4.90 Å². The Morgan fingerprint density at radius 3 is 2.45 bits per heavy atom. The number of esters is 1. The smallest absolute Gasteiger partial charge is 0.312 e. The van der Waals surface area contributed by atoms with Crippen molar-refractivity contribution >= 4 is 11.9 Å². The van der Waals surface area contributed by atoms with Gasteiger partial charge in [-0.05, 0) is 56.6 Å². The molecule has 5 nitrogen and oxygen atoms in total. The van der Waals surface area contributed by atoms with Crippen molar-refractivity contribution in [2.75, 3.05) is 26.3 Å². The summed E-state index contributed by atoms with van der Waals surface area (Å²) in [5, 5.41) is 0. The number of nitrogens with zero attached hydrogens (tertiary/aromatic N) is 1. The summed E-state index contributed by atoms with van der Waals surface area (Å²) in [6.45, 7) is 2.03. The molecule has 0 N–H and O–H groups in total. The zero-order chi connectivity index (χ0) is 20.1. The van der Waals surface area contributed by atoms with E-state index in [2.05, 4.69) is 6.07 Å². The number of fused-ring (bicyclic) bond motifs is 1.